The summed E-state index contributed by atoms with van der Waals surface area (Å²) in [5, 5.41) is 19.5. The molecule has 0 atom stereocenters. The number of ether oxygens (including phenoxy) is 1. The summed E-state index contributed by atoms with van der Waals surface area (Å²) < 4.78 is 5.26. The Morgan fingerprint density at radius 2 is 2.00 bits per heavy atom. The second-order valence-corrected chi connectivity index (χ2v) is 3.52. The molecule has 0 fully saturated rings. The van der Waals surface area contributed by atoms with E-state index in [2.05, 4.69) is 4.98 Å². The summed E-state index contributed by atoms with van der Waals surface area (Å²) in [6.45, 7) is 0. The first-order valence-electron chi connectivity index (χ1n) is 5.18. The third kappa shape index (κ3) is 2.83. The maximum atomic E-state index is 10.8. The highest BCUT2D eigenvalue weighted by Gasteiger charge is 2.15. The van der Waals surface area contributed by atoms with Gasteiger partial charge in [-0.05, 0) is 12.1 Å². The quantitative estimate of drug-likeness (QED) is 0.669. The maximum Gasteiger partial charge on any atom is 0.337 e. The van der Waals surface area contributed by atoms with Gasteiger partial charge >= 0.3 is 11.7 Å². The predicted molar refractivity (Wildman–Crippen MR) is 64.4 cm³/mol. The molecule has 1 aromatic carbocycles. The first-order chi connectivity index (χ1) is 9.08. The van der Waals surface area contributed by atoms with Crippen molar-refractivity contribution in [3.63, 3.8) is 0 Å². The van der Waals surface area contributed by atoms with E-state index >= 15 is 0 Å². The Balaban J connectivity index is 2.26. The number of aromatic carboxylic acids is 1. The molecule has 2 rings (SSSR count). The Kier molecular flexibility index (Phi) is 3.37. The molecule has 0 unspecified atom stereocenters. The molecular weight excluding hydrogens is 252 g/mol. The van der Waals surface area contributed by atoms with Crippen molar-refractivity contribution in [1.29, 1.82) is 0 Å². The number of para-hydroxylation sites is 2. The van der Waals surface area contributed by atoms with Gasteiger partial charge in [-0.1, -0.05) is 12.1 Å². The second-order valence-electron chi connectivity index (χ2n) is 3.52. The first kappa shape index (κ1) is 12.5. The molecule has 0 aliphatic carbocycles. The zero-order valence-corrected chi connectivity index (χ0v) is 9.52. The molecule has 0 aliphatic rings. The monoisotopic (exact) mass is 260 g/mol. The Bertz CT molecular complexity index is 624. The molecule has 0 bridgehead atoms. The minimum absolute atomic E-state index is 0.00918. The van der Waals surface area contributed by atoms with Crippen molar-refractivity contribution in [2.24, 2.45) is 0 Å². The highest BCUT2D eigenvalue weighted by molar-refractivity contribution is 5.87. The summed E-state index contributed by atoms with van der Waals surface area (Å²) in [6, 6.07) is 8.49. The van der Waals surface area contributed by atoms with Crippen molar-refractivity contribution >= 4 is 11.7 Å². The molecule has 0 amide bonds. The summed E-state index contributed by atoms with van der Waals surface area (Å²) >= 11 is 0. The number of benzene rings is 1. The first-order valence-corrected chi connectivity index (χ1v) is 5.18. The number of carboxylic acids is 1. The third-order valence-electron chi connectivity index (χ3n) is 2.26. The Labute approximate surface area is 107 Å². The number of hydrogen-bond acceptors (Lipinski definition) is 5. The number of nitro benzene ring substituents is 1. The molecule has 1 N–H and O–H groups in total. The average Bonchev–Trinajstić information content (AvgIpc) is 2.39. The molecule has 2 aromatic rings. The SMILES string of the molecule is O=C(O)c1ccc(Oc2ccccc2[N+](=O)[O-])nc1. The molecular formula is C12H8N2O5. The topological polar surface area (TPSA) is 103 Å². The molecule has 7 heteroatoms. The molecule has 19 heavy (non-hydrogen) atoms. The van der Waals surface area contributed by atoms with E-state index in [4.69, 9.17) is 9.84 Å². The van der Waals surface area contributed by atoms with Crippen LogP contribution in [-0.4, -0.2) is 21.0 Å². The number of nitro groups is 1. The van der Waals surface area contributed by atoms with Crippen LogP contribution in [0.2, 0.25) is 0 Å². The van der Waals surface area contributed by atoms with Crippen LogP contribution in [0.5, 0.6) is 11.6 Å². The number of carboxylic acid groups (broad SMARTS) is 1. The van der Waals surface area contributed by atoms with Gasteiger partial charge in [-0.2, -0.15) is 0 Å². The van der Waals surface area contributed by atoms with Gasteiger partial charge in [0.2, 0.25) is 11.6 Å². The largest absolute Gasteiger partial charge is 0.478 e. The molecule has 96 valence electrons. The van der Waals surface area contributed by atoms with E-state index in [1.807, 2.05) is 0 Å². The lowest BCUT2D eigenvalue weighted by molar-refractivity contribution is -0.385. The van der Waals surface area contributed by atoms with E-state index in [1.165, 1.54) is 30.3 Å². The highest BCUT2D eigenvalue weighted by Crippen LogP contribution is 2.29. The number of pyridine rings is 1. The molecule has 0 saturated carbocycles. The van der Waals surface area contributed by atoms with E-state index < -0.39 is 10.9 Å². The van der Waals surface area contributed by atoms with Crippen molar-refractivity contribution in [3.8, 4) is 11.6 Å². The van der Waals surface area contributed by atoms with Gasteiger partial charge < -0.3 is 9.84 Å². The van der Waals surface area contributed by atoms with Crippen LogP contribution >= 0.6 is 0 Å². The minimum Gasteiger partial charge on any atom is -0.478 e. The number of hydrogen-bond donors (Lipinski definition) is 1. The fourth-order valence-electron chi connectivity index (χ4n) is 1.37. The average molecular weight is 260 g/mol. The lowest BCUT2D eigenvalue weighted by atomic mass is 10.3. The van der Waals surface area contributed by atoms with Crippen molar-refractivity contribution in [2.45, 2.75) is 0 Å². The lowest BCUT2D eigenvalue weighted by Crippen LogP contribution is -1.98. The van der Waals surface area contributed by atoms with E-state index in [9.17, 15) is 14.9 Å². The number of carbonyl (C=O) groups is 1. The van der Waals surface area contributed by atoms with Crippen LogP contribution in [0, 0.1) is 10.1 Å². The number of rotatable bonds is 4. The van der Waals surface area contributed by atoms with Gasteiger partial charge in [-0.3, -0.25) is 10.1 Å². The van der Waals surface area contributed by atoms with Gasteiger partial charge in [0.05, 0.1) is 10.5 Å². The molecule has 1 aromatic heterocycles. The highest BCUT2D eigenvalue weighted by atomic mass is 16.6. The Hall–Kier alpha value is -2.96. The van der Waals surface area contributed by atoms with E-state index in [-0.39, 0.29) is 22.9 Å². The van der Waals surface area contributed by atoms with Crippen molar-refractivity contribution in [1.82, 2.24) is 4.98 Å². The van der Waals surface area contributed by atoms with Gasteiger partial charge in [0.25, 0.3) is 0 Å². The van der Waals surface area contributed by atoms with Crippen LogP contribution in [0.1, 0.15) is 10.4 Å². The van der Waals surface area contributed by atoms with Crippen LogP contribution in [-0.2, 0) is 0 Å². The molecule has 7 nitrogen and oxygen atoms in total. The summed E-state index contributed by atoms with van der Waals surface area (Å²) in [4.78, 5) is 24.6. The molecule has 0 saturated heterocycles. The Morgan fingerprint density at radius 3 is 2.58 bits per heavy atom. The lowest BCUT2D eigenvalue weighted by Gasteiger charge is -2.05. The smallest absolute Gasteiger partial charge is 0.337 e. The zero-order valence-electron chi connectivity index (χ0n) is 9.52. The third-order valence-corrected chi connectivity index (χ3v) is 2.26. The predicted octanol–water partition coefficient (Wildman–Crippen LogP) is 2.48. The summed E-state index contributed by atoms with van der Waals surface area (Å²) in [6.07, 6.45) is 1.12. The molecule has 0 radical (unpaired) electrons. The summed E-state index contributed by atoms with van der Waals surface area (Å²) in [7, 11) is 0. The standard InChI is InChI=1S/C12H8N2O5/c15-12(16)8-5-6-11(13-7-8)19-10-4-2-1-3-9(10)14(17)18/h1-7H,(H,15,16). The molecule has 0 aliphatic heterocycles. The van der Waals surface area contributed by atoms with Crippen molar-refractivity contribution in [3.05, 3.63) is 58.3 Å². The van der Waals surface area contributed by atoms with Gasteiger partial charge in [-0.15, -0.1) is 0 Å². The van der Waals surface area contributed by atoms with E-state index in [0.29, 0.717) is 0 Å². The molecule has 0 spiro atoms. The minimum atomic E-state index is -1.11. The normalized spacial score (nSPS) is 9.89. The van der Waals surface area contributed by atoms with Crippen LogP contribution in [0.15, 0.2) is 42.6 Å². The van der Waals surface area contributed by atoms with Crippen molar-refractivity contribution < 1.29 is 19.6 Å². The van der Waals surface area contributed by atoms with Crippen LogP contribution in [0.3, 0.4) is 0 Å². The van der Waals surface area contributed by atoms with Gasteiger partial charge in [0.1, 0.15) is 0 Å². The van der Waals surface area contributed by atoms with Crippen LogP contribution < -0.4 is 4.74 Å². The second kappa shape index (κ2) is 5.13. The van der Waals surface area contributed by atoms with Crippen LogP contribution in [0.25, 0.3) is 0 Å². The number of aromatic nitrogens is 1. The summed E-state index contributed by atoms with van der Waals surface area (Å²) in [5.41, 5.74) is -0.179. The van der Waals surface area contributed by atoms with E-state index in [0.717, 1.165) is 6.20 Å². The van der Waals surface area contributed by atoms with Gasteiger partial charge in [0, 0.05) is 18.3 Å². The van der Waals surface area contributed by atoms with E-state index in [1.54, 1.807) is 6.07 Å². The van der Waals surface area contributed by atoms with Crippen molar-refractivity contribution in [2.75, 3.05) is 0 Å². The fourth-order valence-corrected chi connectivity index (χ4v) is 1.37. The fraction of sp³-hybridized carbons (Fsp3) is 0. The number of nitrogens with zero attached hydrogens (tertiary/aromatic N) is 2. The zero-order chi connectivity index (χ0) is 13.8. The van der Waals surface area contributed by atoms with Gasteiger partial charge in [-0.25, -0.2) is 9.78 Å². The van der Waals surface area contributed by atoms with Crippen LogP contribution in [0.4, 0.5) is 5.69 Å². The summed E-state index contributed by atoms with van der Waals surface area (Å²) in [5.74, 6) is -0.980. The molecule has 1 heterocycles. The Morgan fingerprint density at radius 1 is 1.26 bits per heavy atom. The maximum absolute atomic E-state index is 10.8. The van der Waals surface area contributed by atoms with Gasteiger partial charge in [0.15, 0.2) is 0 Å².